The lowest BCUT2D eigenvalue weighted by Crippen LogP contribution is -2.37. The fourth-order valence-corrected chi connectivity index (χ4v) is 3.50. The highest BCUT2D eigenvalue weighted by atomic mass is 79.9. The largest absolute Gasteiger partial charge is 0.327 e. The van der Waals surface area contributed by atoms with Gasteiger partial charge in [-0.3, -0.25) is 4.68 Å². The van der Waals surface area contributed by atoms with Crippen molar-refractivity contribution in [1.82, 2.24) is 15.0 Å². The smallest absolute Gasteiger partial charge is 0.151 e. The zero-order valence-corrected chi connectivity index (χ0v) is 12.3. The predicted molar refractivity (Wildman–Crippen MR) is 71.6 cm³/mol. The lowest BCUT2D eigenvalue weighted by atomic mass is 9.73. The molecule has 1 aliphatic carbocycles. The molecule has 1 aromatic heterocycles. The predicted octanol–water partition coefficient (Wildman–Crippen LogP) is 2.44. The lowest BCUT2D eigenvalue weighted by molar-refractivity contribution is 0.227. The Labute approximate surface area is 111 Å². The monoisotopic (exact) mass is 300 g/mol. The second-order valence-electron chi connectivity index (χ2n) is 5.48. The van der Waals surface area contributed by atoms with Crippen LogP contribution in [-0.2, 0) is 7.05 Å². The van der Waals surface area contributed by atoms with Crippen molar-refractivity contribution < 1.29 is 0 Å². The maximum atomic E-state index is 6.28. The number of halogens is 1. The summed E-state index contributed by atoms with van der Waals surface area (Å²) in [7, 11) is 1.94. The number of hydrogen-bond acceptors (Lipinski definition) is 3. The van der Waals surface area contributed by atoms with Gasteiger partial charge in [-0.25, -0.2) is 0 Å². The minimum absolute atomic E-state index is 0.235. The van der Waals surface area contributed by atoms with Gasteiger partial charge >= 0.3 is 0 Å². The first kappa shape index (κ1) is 13.0. The first-order chi connectivity index (χ1) is 8.00. The summed E-state index contributed by atoms with van der Waals surface area (Å²) in [6, 6.07) is 0.235. The molecule has 17 heavy (non-hydrogen) atoms. The Hall–Kier alpha value is -0.420. The third-order valence-electron chi connectivity index (χ3n) is 4.07. The van der Waals surface area contributed by atoms with E-state index in [2.05, 4.69) is 40.1 Å². The van der Waals surface area contributed by atoms with Crippen molar-refractivity contribution in [1.29, 1.82) is 0 Å². The summed E-state index contributed by atoms with van der Waals surface area (Å²) in [4.78, 5) is 0. The molecular formula is C12H21BrN4. The molecule has 5 heteroatoms. The van der Waals surface area contributed by atoms with E-state index in [0.717, 1.165) is 35.0 Å². The molecule has 0 aromatic carbocycles. The van der Waals surface area contributed by atoms with Gasteiger partial charge in [0.05, 0.1) is 5.69 Å². The van der Waals surface area contributed by atoms with Crippen LogP contribution in [0.4, 0.5) is 0 Å². The Morgan fingerprint density at radius 1 is 1.41 bits per heavy atom. The fourth-order valence-electron chi connectivity index (χ4n) is 2.88. The van der Waals surface area contributed by atoms with E-state index in [9.17, 15) is 0 Å². The van der Waals surface area contributed by atoms with Crippen molar-refractivity contribution in [3.05, 3.63) is 10.3 Å². The molecule has 1 aromatic rings. The summed E-state index contributed by atoms with van der Waals surface area (Å²) >= 11 is 3.49. The van der Waals surface area contributed by atoms with Gasteiger partial charge < -0.3 is 5.73 Å². The average molecular weight is 301 g/mol. The summed E-state index contributed by atoms with van der Waals surface area (Å²) in [6.07, 6.45) is 3.50. The maximum absolute atomic E-state index is 6.28. The normalized spacial score (nSPS) is 29.9. The van der Waals surface area contributed by atoms with E-state index in [1.54, 1.807) is 0 Å². The maximum Gasteiger partial charge on any atom is 0.151 e. The number of hydrogen-bond donors (Lipinski definition) is 1. The molecule has 1 fully saturated rings. The zero-order valence-electron chi connectivity index (χ0n) is 10.7. The summed E-state index contributed by atoms with van der Waals surface area (Å²) in [5.41, 5.74) is 7.44. The second kappa shape index (κ2) is 5.06. The van der Waals surface area contributed by atoms with Crippen LogP contribution in [0.25, 0.3) is 0 Å². The van der Waals surface area contributed by atoms with Crippen LogP contribution >= 0.6 is 15.9 Å². The van der Waals surface area contributed by atoms with Crippen LogP contribution in [0.2, 0.25) is 0 Å². The Kier molecular flexibility index (Phi) is 3.88. The Morgan fingerprint density at radius 3 is 2.65 bits per heavy atom. The molecule has 2 N–H and O–H groups in total. The molecule has 3 atom stereocenters. The number of aryl methyl sites for hydroxylation is 1. The lowest BCUT2D eigenvalue weighted by Gasteiger charge is -2.36. The van der Waals surface area contributed by atoms with Crippen LogP contribution < -0.4 is 5.73 Å². The van der Waals surface area contributed by atoms with Crippen molar-refractivity contribution in [2.45, 2.75) is 45.1 Å². The molecule has 96 valence electrons. The molecule has 1 heterocycles. The Morgan fingerprint density at radius 2 is 2.12 bits per heavy atom. The first-order valence-corrected chi connectivity index (χ1v) is 7.10. The van der Waals surface area contributed by atoms with Gasteiger partial charge in [0.2, 0.25) is 0 Å². The van der Waals surface area contributed by atoms with Crippen molar-refractivity contribution in [3.8, 4) is 0 Å². The minimum atomic E-state index is 0.235. The molecule has 4 nitrogen and oxygen atoms in total. The highest BCUT2D eigenvalue weighted by Crippen LogP contribution is 2.40. The molecule has 0 radical (unpaired) electrons. The molecule has 0 saturated heterocycles. The van der Waals surface area contributed by atoms with Crippen LogP contribution in [0, 0.1) is 11.8 Å². The van der Waals surface area contributed by atoms with Crippen LogP contribution in [0.15, 0.2) is 4.60 Å². The van der Waals surface area contributed by atoms with Gasteiger partial charge in [-0.2, -0.15) is 0 Å². The van der Waals surface area contributed by atoms with E-state index in [-0.39, 0.29) is 6.04 Å². The third-order valence-corrected chi connectivity index (χ3v) is 4.63. The standard InChI is InChI=1S/C12H21BrN4/c1-7(2)8-4-5-10(14)9(6-8)11-12(13)15-16-17(11)3/h7-10H,4-6,14H2,1-3H3. The molecule has 0 amide bonds. The molecule has 0 spiro atoms. The topological polar surface area (TPSA) is 56.7 Å². The molecule has 1 saturated carbocycles. The molecular weight excluding hydrogens is 280 g/mol. The van der Waals surface area contributed by atoms with Crippen LogP contribution in [0.5, 0.6) is 0 Å². The first-order valence-electron chi connectivity index (χ1n) is 6.31. The van der Waals surface area contributed by atoms with E-state index in [0.29, 0.717) is 5.92 Å². The molecule has 2 rings (SSSR count). The van der Waals surface area contributed by atoms with Gasteiger partial charge in [0, 0.05) is 19.0 Å². The van der Waals surface area contributed by atoms with Crippen molar-refractivity contribution >= 4 is 15.9 Å². The Bertz CT molecular complexity index is 368. The third kappa shape index (κ3) is 2.55. The second-order valence-corrected chi connectivity index (χ2v) is 6.23. The van der Waals surface area contributed by atoms with Gasteiger partial charge in [-0.15, -0.1) is 5.10 Å². The van der Waals surface area contributed by atoms with Crippen molar-refractivity contribution in [2.24, 2.45) is 24.6 Å². The number of nitrogens with zero attached hydrogens (tertiary/aromatic N) is 3. The van der Waals surface area contributed by atoms with Crippen LogP contribution in [0.3, 0.4) is 0 Å². The number of aromatic nitrogens is 3. The highest BCUT2D eigenvalue weighted by molar-refractivity contribution is 9.10. The summed E-state index contributed by atoms with van der Waals surface area (Å²) in [6.45, 7) is 4.60. The van der Waals surface area contributed by atoms with Gasteiger partial charge in [0.25, 0.3) is 0 Å². The van der Waals surface area contributed by atoms with E-state index in [1.165, 1.54) is 6.42 Å². The molecule has 3 unspecified atom stereocenters. The van der Waals surface area contributed by atoms with Crippen LogP contribution in [0.1, 0.15) is 44.7 Å². The number of rotatable bonds is 2. The summed E-state index contributed by atoms with van der Waals surface area (Å²) in [5, 5.41) is 8.13. The van der Waals surface area contributed by atoms with E-state index >= 15 is 0 Å². The van der Waals surface area contributed by atoms with Crippen molar-refractivity contribution in [2.75, 3.05) is 0 Å². The zero-order chi connectivity index (χ0) is 12.6. The minimum Gasteiger partial charge on any atom is -0.327 e. The molecule has 0 bridgehead atoms. The fraction of sp³-hybridized carbons (Fsp3) is 0.833. The van der Waals surface area contributed by atoms with E-state index in [1.807, 2.05) is 11.7 Å². The van der Waals surface area contributed by atoms with Gasteiger partial charge in [-0.05, 0) is 47.0 Å². The van der Waals surface area contributed by atoms with Gasteiger partial charge in [0.15, 0.2) is 4.60 Å². The average Bonchev–Trinajstić information content (AvgIpc) is 2.59. The summed E-state index contributed by atoms with van der Waals surface area (Å²) < 4.78 is 2.71. The SMILES string of the molecule is CC(C)C1CCC(N)C(c2c(Br)nnn2C)C1. The van der Waals surface area contributed by atoms with Gasteiger partial charge in [-0.1, -0.05) is 19.1 Å². The van der Waals surface area contributed by atoms with E-state index < -0.39 is 0 Å². The quantitative estimate of drug-likeness (QED) is 0.913. The molecule has 0 aliphatic heterocycles. The summed E-state index contributed by atoms with van der Waals surface area (Å²) in [5.74, 6) is 1.87. The highest BCUT2D eigenvalue weighted by Gasteiger charge is 2.33. The Balaban J connectivity index is 2.24. The molecule has 1 aliphatic rings. The number of nitrogens with two attached hydrogens (primary N) is 1. The van der Waals surface area contributed by atoms with Crippen LogP contribution in [-0.4, -0.2) is 21.0 Å². The van der Waals surface area contributed by atoms with E-state index in [4.69, 9.17) is 5.73 Å². The van der Waals surface area contributed by atoms with Gasteiger partial charge in [0.1, 0.15) is 0 Å². The van der Waals surface area contributed by atoms with Crippen molar-refractivity contribution in [3.63, 3.8) is 0 Å².